The van der Waals surface area contributed by atoms with E-state index in [2.05, 4.69) is 25.6 Å². The lowest BCUT2D eigenvalue weighted by molar-refractivity contribution is 0.398. The van der Waals surface area contributed by atoms with Crippen LogP contribution in [0.2, 0.25) is 0 Å². The molecule has 1 aromatic rings. The average molecular weight is 241 g/mol. The molecule has 0 saturated carbocycles. The number of rotatable bonds is 2. The quantitative estimate of drug-likeness (QED) is 0.720. The van der Waals surface area contributed by atoms with Crippen molar-refractivity contribution in [2.24, 2.45) is 5.92 Å². The third-order valence-corrected chi connectivity index (χ3v) is 3.52. The van der Waals surface area contributed by atoms with Crippen LogP contribution in [0.1, 0.15) is 22.3 Å². The molecule has 0 amide bonds. The van der Waals surface area contributed by atoms with Crippen molar-refractivity contribution in [3.63, 3.8) is 0 Å². The van der Waals surface area contributed by atoms with Gasteiger partial charge in [0.25, 0.3) is 0 Å². The molecule has 1 unspecified atom stereocenters. The highest BCUT2D eigenvalue weighted by molar-refractivity contribution is 5.68. The molecule has 0 spiro atoms. The molecule has 18 heavy (non-hydrogen) atoms. The molecule has 2 rings (SSSR count). The Morgan fingerprint density at radius 3 is 2.83 bits per heavy atom. The zero-order valence-electron chi connectivity index (χ0n) is 10.8. The Hall–Kier alpha value is -1.88. The maximum absolute atomic E-state index is 13.1. The number of hydrogen-bond donors (Lipinski definition) is 0. The molecular weight excluding hydrogens is 225 g/mol. The van der Waals surface area contributed by atoms with Gasteiger partial charge in [-0.3, -0.25) is 4.39 Å². The fraction of sp³-hybridized carbons (Fsp3) is 0.312. The van der Waals surface area contributed by atoms with Crippen molar-refractivity contribution in [1.82, 2.24) is 0 Å². The zero-order valence-corrected chi connectivity index (χ0v) is 10.8. The fourth-order valence-electron chi connectivity index (χ4n) is 2.62. The van der Waals surface area contributed by atoms with Crippen LogP contribution in [0.4, 0.5) is 4.39 Å². The predicted octanol–water partition coefficient (Wildman–Crippen LogP) is 3.91. The molecular formula is C16H16FN. The van der Waals surface area contributed by atoms with Crippen molar-refractivity contribution in [2.75, 3.05) is 6.67 Å². The van der Waals surface area contributed by atoms with Gasteiger partial charge in [-0.2, -0.15) is 5.26 Å². The first-order chi connectivity index (χ1) is 8.56. The zero-order chi connectivity index (χ0) is 13.3. The molecule has 92 valence electrons. The molecule has 1 aliphatic rings. The van der Waals surface area contributed by atoms with E-state index in [-0.39, 0.29) is 5.92 Å². The minimum atomic E-state index is -0.445. The molecule has 2 heteroatoms. The van der Waals surface area contributed by atoms with Crippen molar-refractivity contribution < 1.29 is 4.39 Å². The topological polar surface area (TPSA) is 23.8 Å². The Kier molecular flexibility index (Phi) is 3.34. The van der Waals surface area contributed by atoms with E-state index in [9.17, 15) is 4.39 Å². The highest BCUT2D eigenvalue weighted by atomic mass is 19.1. The Bertz CT molecular complexity index is 575. The monoisotopic (exact) mass is 241 g/mol. The highest BCUT2D eigenvalue weighted by Crippen LogP contribution is 2.34. The number of allylic oxidation sites excluding steroid dienone is 2. The van der Waals surface area contributed by atoms with Gasteiger partial charge in [-0.15, -0.1) is 0 Å². The summed E-state index contributed by atoms with van der Waals surface area (Å²) in [6.07, 6.45) is 2.58. The molecule has 0 aliphatic heterocycles. The number of nitriles is 1. The van der Waals surface area contributed by atoms with Gasteiger partial charge >= 0.3 is 0 Å². The number of aryl methyl sites for hydroxylation is 2. The first kappa shape index (κ1) is 12.6. The number of benzene rings is 1. The number of alkyl halides is 1. The lowest BCUT2D eigenvalue weighted by Crippen LogP contribution is -2.17. The van der Waals surface area contributed by atoms with Crippen molar-refractivity contribution in [3.05, 3.63) is 52.1 Å². The number of nitrogens with zero attached hydrogens (tertiary/aromatic N) is 1. The Morgan fingerprint density at radius 1 is 1.50 bits per heavy atom. The van der Waals surface area contributed by atoms with Gasteiger partial charge in [-0.25, -0.2) is 0 Å². The molecule has 0 bridgehead atoms. The summed E-state index contributed by atoms with van der Waals surface area (Å²) in [4.78, 5) is 0. The molecule has 0 aromatic heterocycles. The van der Waals surface area contributed by atoms with Crippen LogP contribution in [0, 0.1) is 31.1 Å². The predicted molar refractivity (Wildman–Crippen MR) is 71.8 cm³/mol. The van der Waals surface area contributed by atoms with Crippen LogP contribution in [0.5, 0.6) is 0 Å². The largest absolute Gasteiger partial charge is 0.250 e. The summed E-state index contributed by atoms with van der Waals surface area (Å²) in [6.45, 7) is 7.37. The first-order valence-electron chi connectivity index (χ1n) is 6.04. The normalized spacial score (nSPS) is 17.7. The first-order valence-corrected chi connectivity index (χ1v) is 6.04. The second-order valence-corrected chi connectivity index (χ2v) is 4.89. The van der Waals surface area contributed by atoms with E-state index in [1.54, 1.807) is 0 Å². The summed E-state index contributed by atoms with van der Waals surface area (Å²) in [5, 5.41) is 8.94. The highest BCUT2D eigenvalue weighted by Gasteiger charge is 2.24. The minimum absolute atomic E-state index is 0.231. The minimum Gasteiger partial charge on any atom is -0.250 e. The Morgan fingerprint density at radius 2 is 2.22 bits per heavy atom. The van der Waals surface area contributed by atoms with Crippen LogP contribution >= 0.6 is 0 Å². The molecule has 0 saturated heterocycles. The van der Waals surface area contributed by atoms with E-state index in [0.29, 0.717) is 12.0 Å². The summed E-state index contributed by atoms with van der Waals surface area (Å²) in [5.74, 6) is -0.231. The van der Waals surface area contributed by atoms with Crippen molar-refractivity contribution in [2.45, 2.75) is 20.3 Å². The third kappa shape index (κ3) is 2.09. The van der Waals surface area contributed by atoms with Crippen molar-refractivity contribution in [3.8, 4) is 6.07 Å². The second kappa shape index (κ2) is 4.78. The summed E-state index contributed by atoms with van der Waals surface area (Å²) in [7, 11) is 0. The number of halogens is 1. The Balaban J connectivity index is 2.58. The van der Waals surface area contributed by atoms with Crippen LogP contribution < -0.4 is 0 Å². The van der Waals surface area contributed by atoms with E-state index in [0.717, 1.165) is 11.1 Å². The molecule has 0 N–H and O–H groups in total. The second-order valence-electron chi connectivity index (χ2n) is 4.89. The van der Waals surface area contributed by atoms with Gasteiger partial charge < -0.3 is 0 Å². The molecule has 1 aromatic carbocycles. The van der Waals surface area contributed by atoms with E-state index >= 15 is 0 Å². The van der Waals surface area contributed by atoms with E-state index < -0.39 is 6.67 Å². The SMILES string of the molecule is C=C(C#N)C1=Cc2cc(C)cc(C)c2CC1CF. The van der Waals surface area contributed by atoms with Gasteiger partial charge in [-0.1, -0.05) is 24.3 Å². The smallest absolute Gasteiger partial charge is 0.0988 e. The van der Waals surface area contributed by atoms with Gasteiger partial charge in [0, 0.05) is 11.5 Å². The molecule has 1 aliphatic carbocycles. The maximum Gasteiger partial charge on any atom is 0.0988 e. The molecule has 1 atom stereocenters. The van der Waals surface area contributed by atoms with E-state index in [4.69, 9.17) is 5.26 Å². The van der Waals surface area contributed by atoms with Gasteiger partial charge in [0.05, 0.1) is 12.7 Å². The third-order valence-electron chi connectivity index (χ3n) is 3.52. The Labute approximate surface area is 107 Å². The van der Waals surface area contributed by atoms with E-state index in [1.165, 1.54) is 16.7 Å². The fourth-order valence-corrected chi connectivity index (χ4v) is 2.62. The molecule has 0 radical (unpaired) electrons. The van der Waals surface area contributed by atoms with E-state index in [1.807, 2.05) is 19.1 Å². The lowest BCUT2D eigenvalue weighted by atomic mass is 9.79. The number of hydrogen-bond acceptors (Lipinski definition) is 1. The number of fused-ring (bicyclic) bond motifs is 1. The van der Waals surface area contributed by atoms with Crippen LogP contribution in [0.15, 0.2) is 29.9 Å². The summed E-state index contributed by atoms with van der Waals surface area (Å²) >= 11 is 0. The van der Waals surface area contributed by atoms with Gasteiger partial charge in [0.15, 0.2) is 0 Å². The maximum atomic E-state index is 13.1. The summed E-state index contributed by atoms with van der Waals surface area (Å²) < 4.78 is 13.1. The molecule has 0 heterocycles. The summed E-state index contributed by atoms with van der Waals surface area (Å²) in [6, 6.07) is 6.23. The van der Waals surface area contributed by atoms with Gasteiger partial charge in [0.1, 0.15) is 0 Å². The summed E-state index contributed by atoms with van der Waals surface area (Å²) in [5.41, 5.74) is 5.80. The van der Waals surface area contributed by atoms with Crippen molar-refractivity contribution in [1.29, 1.82) is 5.26 Å². The molecule has 1 nitrogen and oxygen atoms in total. The van der Waals surface area contributed by atoms with Crippen LogP contribution in [0.3, 0.4) is 0 Å². The van der Waals surface area contributed by atoms with Crippen LogP contribution in [-0.4, -0.2) is 6.67 Å². The standard InChI is InChI=1S/C16H16FN/c1-10-4-11(2)15-7-14(8-17)16(12(3)9-18)6-13(15)5-10/h4-6,14H,3,7-8H2,1-2H3. The van der Waals surface area contributed by atoms with Gasteiger partial charge in [0.2, 0.25) is 0 Å². The lowest BCUT2D eigenvalue weighted by Gasteiger charge is -2.25. The van der Waals surface area contributed by atoms with Crippen LogP contribution in [-0.2, 0) is 6.42 Å². The van der Waals surface area contributed by atoms with Gasteiger partial charge in [-0.05, 0) is 48.6 Å². The molecule has 0 fully saturated rings. The van der Waals surface area contributed by atoms with Crippen molar-refractivity contribution >= 4 is 6.08 Å². The average Bonchev–Trinajstić information content (AvgIpc) is 2.36. The van der Waals surface area contributed by atoms with Crippen LogP contribution in [0.25, 0.3) is 6.08 Å².